The molecule has 0 bridgehead atoms. The topological polar surface area (TPSA) is 77.6 Å². The number of carbonyl (C=O) groups is 1. The summed E-state index contributed by atoms with van der Waals surface area (Å²) in [5.41, 5.74) is -1.05. The van der Waals surface area contributed by atoms with Gasteiger partial charge < -0.3 is 5.32 Å². The Morgan fingerprint density at radius 3 is 2.40 bits per heavy atom. The van der Waals surface area contributed by atoms with E-state index in [0.29, 0.717) is 9.88 Å². The molecule has 132 valence electrons. The van der Waals surface area contributed by atoms with Gasteiger partial charge in [0.25, 0.3) is 5.91 Å². The number of nitrogens with zero attached hydrogens (tertiary/aromatic N) is 5. The largest absolute Gasteiger partial charge is 0.435 e. The third-order valence-corrected chi connectivity index (χ3v) is 4.20. The van der Waals surface area contributed by atoms with Crippen LogP contribution < -0.4 is 5.32 Å². The number of nitrogens with one attached hydrogen (secondary N) is 1. The van der Waals surface area contributed by atoms with Crippen molar-refractivity contribution in [1.82, 2.24) is 24.5 Å². The molecule has 1 N–H and O–H groups in total. The van der Waals surface area contributed by atoms with E-state index in [1.165, 1.54) is 41.7 Å². The summed E-state index contributed by atoms with van der Waals surface area (Å²) >= 11 is 1.18. The molecule has 0 aliphatic rings. The maximum Gasteiger partial charge on any atom is 0.435 e. The van der Waals surface area contributed by atoms with E-state index >= 15 is 0 Å². The maximum atomic E-state index is 13.2. The molecule has 3 heterocycles. The lowest BCUT2D eigenvalue weighted by Gasteiger charge is -2.06. The van der Waals surface area contributed by atoms with Crippen molar-refractivity contribution in [3.05, 3.63) is 34.2 Å². The van der Waals surface area contributed by atoms with Crippen LogP contribution in [0.15, 0.2) is 18.6 Å². The third kappa shape index (κ3) is 3.40. The van der Waals surface area contributed by atoms with Gasteiger partial charge in [0, 0.05) is 37.6 Å². The number of alkyl halides is 3. The Morgan fingerprint density at radius 2 is 1.80 bits per heavy atom. The summed E-state index contributed by atoms with van der Waals surface area (Å²) in [7, 11) is 2.95. The monoisotopic (exact) mass is 370 g/mol. The van der Waals surface area contributed by atoms with Gasteiger partial charge in [0.2, 0.25) is 0 Å². The summed E-state index contributed by atoms with van der Waals surface area (Å²) in [5.74, 6) is -0.458. The molecule has 0 fully saturated rings. The van der Waals surface area contributed by atoms with Gasteiger partial charge >= 0.3 is 6.18 Å². The summed E-state index contributed by atoms with van der Waals surface area (Å²) in [4.78, 5) is 16.6. The normalized spacial score (nSPS) is 11.8. The van der Waals surface area contributed by atoms with Crippen LogP contribution in [0.4, 0.5) is 19.0 Å². The second-order valence-corrected chi connectivity index (χ2v) is 6.56. The van der Waals surface area contributed by atoms with E-state index in [9.17, 15) is 18.0 Å². The van der Waals surface area contributed by atoms with Gasteiger partial charge in [0.1, 0.15) is 4.88 Å². The van der Waals surface area contributed by atoms with E-state index in [4.69, 9.17) is 0 Å². The molecular formula is C14H13F3N6OS. The van der Waals surface area contributed by atoms with E-state index in [1.54, 1.807) is 14.0 Å². The summed E-state index contributed by atoms with van der Waals surface area (Å²) < 4.78 is 42.1. The number of rotatable bonds is 3. The Morgan fingerprint density at radius 1 is 1.16 bits per heavy atom. The van der Waals surface area contributed by atoms with Crippen LogP contribution in [0.25, 0.3) is 11.1 Å². The zero-order chi connectivity index (χ0) is 18.4. The Balaban J connectivity index is 2.01. The number of thiazole rings is 1. The molecule has 1 amide bonds. The minimum atomic E-state index is -4.62. The van der Waals surface area contributed by atoms with Gasteiger partial charge in [-0.05, 0) is 6.92 Å². The Bertz CT molecular complexity index is 939. The van der Waals surface area contributed by atoms with E-state index in [2.05, 4.69) is 20.5 Å². The first kappa shape index (κ1) is 17.1. The number of aryl methyl sites for hydroxylation is 3. The van der Waals surface area contributed by atoms with E-state index < -0.39 is 17.8 Å². The second-order valence-electron chi connectivity index (χ2n) is 5.33. The molecule has 0 saturated heterocycles. The first-order valence-corrected chi connectivity index (χ1v) is 7.85. The zero-order valence-corrected chi connectivity index (χ0v) is 14.2. The maximum absolute atomic E-state index is 13.2. The second kappa shape index (κ2) is 5.99. The predicted molar refractivity (Wildman–Crippen MR) is 85.2 cm³/mol. The lowest BCUT2D eigenvalue weighted by atomic mass is 10.1. The molecule has 0 radical (unpaired) electrons. The van der Waals surface area contributed by atoms with Gasteiger partial charge in [-0.3, -0.25) is 14.2 Å². The highest BCUT2D eigenvalue weighted by Crippen LogP contribution is 2.38. The molecule has 0 spiro atoms. The van der Waals surface area contributed by atoms with Crippen molar-refractivity contribution < 1.29 is 18.0 Å². The number of amides is 1. The van der Waals surface area contributed by atoms with Crippen molar-refractivity contribution in [3.8, 4) is 11.1 Å². The molecule has 0 aliphatic carbocycles. The zero-order valence-electron chi connectivity index (χ0n) is 13.4. The van der Waals surface area contributed by atoms with Crippen LogP contribution in [0.3, 0.4) is 0 Å². The highest BCUT2D eigenvalue weighted by atomic mass is 32.1. The van der Waals surface area contributed by atoms with Crippen molar-refractivity contribution in [3.63, 3.8) is 0 Å². The SMILES string of the molecule is Cc1ncc(C(=O)Nc2nn(C)cc2-c2cn(C)nc2C(F)(F)F)s1. The van der Waals surface area contributed by atoms with Crippen LogP contribution in [-0.2, 0) is 20.3 Å². The predicted octanol–water partition coefficient (Wildman–Crippen LogP) is 2.86. The molecule has 0 unspecified atom stereocenters. The van der Waals surface area contributed by atoms with E-state index in [1.807, 2.05) is 0 Å². The summed E-state index contributed by atoms with van der Waals surface area (Å²) in [5, 5.41) is 10.8. The minimum absolute atomic E-state index is 0.0250. The van der Waals surface area contributed by atoms with E-state index in [0.717, 1.165) is 4.68 Å². The number of aromatic nitrogens is 5. The standard InChI is InChI=1S/C14H13F3N6OS/c1-7-18-4-10(25-7)13(24)19-12-9(6-23(3)21-12)8-5-22(2)20-11(8)14(15,16)17/h4-6H,1-3H3,(H,19,21,24). The minimum Gasteiger partial charge on any atom is -0.304 e. The van der Waals surface area contributed by atoms with Gasteiger partial charge in [0.05, 0.1) is 11.2 Å². The lowest BCUT2D eigenvalue weighted by Crippen LogP contribution is -2.12. The highest BCUT2D eigenvalue weighted by Gasteiger charge is 2.38. The van der Waals surface area contributed by atoms with Gasteiger partial charge in [0.15, 0.2) is 11.5 Å². The molecule has 0 aliphatic heterocycles. The molecule has 0 saturated carbocycles. The van der Waals surface area contributed by atoms with Crippen LogP contribution >= 0.6 is 11.3 Å². The fourth-order valence-electron chi connectivity index (χ4n) is 2.31. The van der Waals surface area contributed by atoms with Gasteiger partial charge in [-0.1, -0.05) is 0 Å². The molecule has 11 heteroatoms. The number of carbonyl (C=O) groups excluding carboxylic acids is 1. The van der Waals surface area contributed by atoms with E-state index in [-0.39, 0.29) is 16.9 Å². The van der Waals surface area contributed by atoms with Crippen molar-refractivity contribution in [1.29, 1.82) is 0 Å². The molecule has 3 rings (SSSR count). The number of halogens is 3. The quantitative estimate of drug-likeness (QED) is 0.769. The van der Waals surface area contributed by atoms with Crippen LogP contribution in [0, 0.1) is 6.92 Å². The smallest absolute Gasteiger partial charge is 0.304 e. The fourth-order valence-corrected chi connectivity index (χ4v) is 2.98. The molecule has 0 aromatic carbocycles. The Hall–Kier alpha value is -2.69. The molecule has 3 aromatic rings. The van der Waals surface area contributed by atoms with Crippen molar-refractivity contribution in [2.75, 3.05) is 5.32 Å². The first-order chi connectivity index (χ1) is 11.6. The molecule has 0 atom stereocenters. The van der Waals surface area contributed by atoms with Crippen LogP contribution in [0.5, 0.6) is 0 Å². The summed E-state index contributed by atoms with van der Waals surface area (Å²) in [6.07, 6.45) is -0.572. The Labute approximate surface area is 144 Å². The number of anilines is 1. The van der Waals surface area contributed by atoms with Crippen molar-refractivity contribution in [2.45, 2.75) is 13.1 Å². The van der Waals surface area contributed by atoms with Crippen LogP contribution in [0.1, 0.15) is 20.4 Å². The van der Waals surface area contributed by atoms with Gasteiger partial charge in [-0.15, -0.1) is 11.3 Å². The molecule has 7 nitrogen and oxygen atoms in total. The summed E-state index contributed by atoms with van der Waals surface area (Å²) in [6, 6.07) is 0. The average molecular weight is 370 g/mol. The lowest BCUT2D eigenvalue weighted by molar-refractivity contribution is -0.140. The third-order valence-electron chi connectivity index (χ3n) is 3.29. The molecule has 3 aromatic heterocycles. The van der Waals surface area contributed by atoms with Crippen molar-refractivity contribution in [2.24, 2.45) is 14.1 Å². The number of hydrogen-bond acceptors (Lipinski definition) is 5. The molecular weight excluding hydrogens is 357 g/mol. The van der Waals surface area contributed by atoms with Gasteiger partial charge in [-0.2, -0.15) is 23.4 Å². The van der Waals surface area contributed by atoms with Crippen LogP contribution in [0.2, 0.25) is 0 Å². The summed E-state index contributed by atoms with van der Waals surface area (Å²) in [6.45, 7) is 1.75. The number of hydrogen-bond donors (Lipinski definition) is 1. The van der Waals surface area contributed by atoms with Crippen LogP contribution in [-0.4, -0.2) is 30.5 Å². The fraction of sp³-hybridized carbons (Fsp3) is 0.286. The average Bonchev–Trinajstić information content (AvgIpc) is 3.17. The highest BCUT2D eigenvalue weighted by molar-refractivity contribution is 7.13. The Kier molecular flexibility index (Phi) is 4.11. The van der Waals surface area contributed by atoms with Crippen molar-refractivity contribution >= 4 is 23.1 Å². The first-order valence-electron chi connectivity index (χ1n) is 7.04. The van der Waals surface area contributed by atoms with Gasteiger partial charge in [-0.25, -0.2) is 4.98 Å². The molecule has 25 heavy (non-hydrogen) atoms.